The second-order valence-corrected chi connectivity index (χ2v) is 4.94. The standard InChI is InChI=1S/C15H18FN5/c1-17-14-10-15(19-11-18-14)21-8-6-20(7-9-21)13-5-3-2-4-12(13)16/h2-5,10-11H,6-9H2,1H3,(H,17,18,19). The molecule has 0 bridgehead atoms. The Balaban J connectivity index is 1.69. The molecule has 1 saturated heterocycles. The summed E-state index contributed by atoms with van der Waals surface area (Å²) in [5.41, 5.74) is 0.677. The Hall–Kier alpha value is -2.37. The van der Waals surface area contributed by atoms with Crippen LogP contribution in [0.4, 0.5) is 21.7 Å². The zero-order chi connectivity index (χ0) is 14.7. The molecule has 1 fully saturated rings. The lowest BCUT2D eigenvalue weighted by atomic mass is 10.2. The van der Waals surface area contributed by atoms with Crippen LogP contribution in [0.15, 0.2) is 36.7 Å². The van der Waals surface area contributed by atoms with E-state index in [0.29, 0.717) is 5.69 Å². The van der Waals surface area contributed by atoms with Crippen molar-refractivity contribution >= 4 is 17.3 Å². The first-order valence-corrected chi connectivity index (χ1v) is 7.02. The van der Waals surface area contributed by atoms with Crippen LogP contribution in [-0.2, 0) is 0 Å². The van der Waals surface area contributed by atoms with Gasteiger partial charge < -0.3 is 15.1 Å². The van der Waals surface area contributed by atoms with Crippen molar-refractivity contribution in [1.82, 2.24) is 9.97 Å². The van der Waals surface area contributed by atoms with E-state index in [4.69, 9.17) is 0 Å². The molecule has 2 aromatic rings. The summed E-state index contributed by atoms with van der Waals surface area (Å²) in [4.78, 5) is 12.7. The summed E-state index contributed by atoms with van der Waals surface area (Å²) >= 11 is 0. The van der Waals surface area contributed by atoms with Crippen LogP contribution in [0.1, 0.15) is 0 Å². The third kappa shape index (κ3) is 2.89. The zero-order valence-corrected chi connectivity index (χ0v) is 12.0. The first-order valence-electron chi connectivity index (χ1n) is 7.02. The van der Waals surface area contributed by atoms with E-state index in [-0.39, 0.29) is 5.82 Å². The SMILES string of the molecule is CNc1cc(N2CCN(c3ccccc3F)CC2)ncn1. The molecule has 5 nitrogen and oxygen atoms in total. The number of nitrogens with zero attached hydrogens (tertiary/aromatic N) is 4. The highest BCUT2D eigenvalue weighted by Gasteiger charge is 2.20. The van der Waals surface area contributed by atoms with Crippen molar-refractivity contribution in [1.29, 1.82) is 0 Å². The predicted octanol–water partition coefficient (Wildman–Crippen LogP) is 1.98. The third-order valence-corrected chi connectivity index (χ3v) is 3.71. The van der Waals surface area contributed by atoms with Crippen molar-refractivity contribution in [3.8, 4) is 0 Å². The maximum atomic E-state index is 13.8. The van der Waals surface area contributed by atoms with Crippen LogP contribution in [0.3, 0.4) is 0 Å². The average molecular weight is 287 g/mol. The minimum atomic E-state index is -0.162. The third-order valence-electron chi connectivity index (χ3n) is 3.71. The fourth-order valence-electron chi connectivity index (χ4n) is 2.54. The smallest absolute Gasteiger partial charge is 0.146 e. The van der Waals surface area contributed by atoms with Crippen LogP contribution >= 0.6 is 0 Å². The number of aromatic nitrogens is 2. The monoisotopic (exact) mass is 287 g/mol. The van der Waals surface area contributed by atoms with Crippen molar-refractivity contribution in [3.05, 3.63) is 42.5 Å². The maximum Gasteiger partial charge on any atom is 0.146 e. The van der Waals surface area contributed by atoms with Gasteiger partial charge in [0.05, 0.1) is 5.69 Å². The summed E-state index contributed by atoms with van der Waals surface area (Å²) in [6.07, 6.45) is 1.56. The van der Waals surface area contributed by atoms with Crippen molar-refractivity contribution in [2.75, 3.05) is 48.3 Å². The number of rotatable bonds is 3. The number of para-hydroxylation sites is 1. The molecule has 0 saturated carbocycles. The second kappa shape index (κ2) is 5.95. The van der Waals surface area contributed by atoms with Gasteiger partial charge in [0, 0.05) is 39.3 Å². The van der Waals surface area contributed by atoms with Crippen molar-refractivity contribution in [2.24, 2.45) is 0 Å². The van der Waals surface area contributed by atoms with E-state index < -0.39 is 0 Å². The zero-order valence-electron chi connectivity index (χ0n) is 12.0. The van der Waals surface area contributed by atoms with E-state index in [1.165, 1.54) is 6.07 Å². The second-order valence-electron chi connectivity index (χ2n) is 4.94. The van der Waals surface area contributed by atoms with Crippen molar-refractivity contribution < 1.29 is 4.39 Å². The maximum absolute atomic E-state index is 13.8. The van der Waals surface area contributed by atoms with Gasteiger partial charge in [0.2, 0.25) is 0 Å². The molecule has 0 atom stereocenters. The van der Waals surface area contributed by atoms with Crippen LogP contribution in [0, 0.1) is 5.82 Å². The molecule has 1 aliphatic heterocycles. The first kappa shape index (κ1) is 13.6. The number of hydrogen-bond acceptors (Lipinski definition) is 5. The van der Waals surface area contributed by atoms with Crippen LogP contribution in [0.25, 0.3) is 0 Å². The largest absolute Gasteiger partial charge is 0.373 e. The molecule has 0 radical (unpaired) electrons. The highest BCUT2D eigenvalue weighted by Crippen LogP contribution is 2.22. The topological polar surface area (TPSA) is 44.3 Å². The molecule has 1 aliphatic rings. The number of benzene rings is 1. The van der Waals surface area contributed by atoms with E-state index in [1.807, 2.05) is 25.2 Å². The summed E-state index contributed by atoms with van der Waals surface area (Å²) in [6, 6.07) is 8.85. The van der Waals surface area contributed by atoms with Crippen molar-refractivity contribution in [2.45, 2.75) is 0 Å². The van der Waals surface area contributed by atoms with Gasteiger partial charge in [-0.3, -0.25) is 0 Å². The van der Waals surface area contributed by atoms with Gasteiger partial charge >= 0.3 is 0 Å². The van der Waals surface area contributed by atoms with Crippen molar-refractivity contribution in [3.63, 3.8) is 0 Å². The van der Waals surface area contributed by atoms with E-state index in [1.54, 1.807) is 12.4 Å². The lowest BCUT2D eigenvalue weighted by Crippen LogP contribution is -2.47. The van der Waals surface area contributed by atoms with Gasteiger partial charge in [-0.1, -0.05) is 12.1 Å². The summed E-state index contributed by atoms with van der Waals surface area (Å²) in [5.74, 6) is 1.55. The number of hydrogen-bond donors (Lipinski definition) is 1. The number of piperazine rings is 1. The number of anilines is 3. The number of halogens is 1. The quantitative estimate of drug-likeness (QED) is 0.935. The van der Waals surface area contributed by atoms with Gasteiger partial charge in [-0.2, -0.15) is 0 Å². The van der Waals surface area contributed by atoms with E-state index in [9.17, 15) is 4.39 Å². The van der Waals surface area contributed by atoms with Crippen LogP contribution < -0.4 is 15.1 Å². The Bertz CT molecular complexity index is 611. The first-order chi connectivity index (χ1) is 10.3. The van der Waals surface area contributed by atoms with Gasteiger partial charge in [-0.15, -0.1) is 0 Å². The Morgan fingerprint density at radius 1 is 1.05 bits per heavy atom. The van der Waals surface area contributed by atoms with Crippen LogP contribution in [-0.4, -0.2) is 43.2 Å². The fourth-order valence-corrected chi connectivity index (χ4v) is 2.54. The van der Waals surface area contributed by atoms with E-state index in [2.05, 4.69) is 25.1 Å². The molecule has 21 heavy (non-hydrogen) atoms. The molecule has 0 amide bonds. The van der Waals surface area contributed by atoms with Crippen LogP contribution in [0.5, 0.6) is 0 Å². The van der Waals surface area contributed by atoms with E-state index >= 15 is 0 Å². The Morgan fingerprint density at radius 2 is 1.76 bits per heavy atom. The molecule has 110 valence electrons. The average Bonchev–Trinajstić information content (AvgIpc) is 2.56. The highest BCUT2D eigenvalue weighted by atomic mass is 19.1. The van der Waals surface area contributed by atoms with Gasteiger partial charge in [0.1, 0.15) is 23.8 Å². The van der Waals surface area contributed by atoms with Gasteiger partial charge in [0.25, 0.3) is 0 Å². The van der Waals surface area contributed by atoms with Crippen LogP contribution in [0.2, 0.25) is 0 Å². The molecule has 1 aromatic heterocycles. The molecule has 0 unspecified atom stereocenters. The molecule has 0 spiro atoms. The summed E-state index contributed by atoms with van der Waals surface area (Å²) in [5, 5.41) is 3.01. The normalized spacial score (nSPS) is 15.1. The molecule has 6 heteroatoms. The minimum Gasteiger partial charge on any atom is -0.373 e. The van der Waals surface area contributed by atoms with Gasteiger partial charge in [-0.05, 0) is 12.1 Å². The van der Waals surface area contributed by atoms with Gasteiger partial charge in [0.15, 0.2) is 0 Å². The Morgan fingerprint density at radius 3 is 2.48 bits per heavy atom. The molecule has 1 N–H and O–H groups in total. The minimum absolute atomic E-state index is 0.162. The molecule has 2 heterocycles. The molecular weight excluding hydrogens is 269 g/mol. The summed E-state index contributed by atoms with van der Waals surface area (Å²) in [6.45, 7) is 3.18. The molecule has 3 rings (SSSR count). The molecule has 1 aromatic carbocycles. The molecule has 0 aliphatic carbocycles. The predicted molar refractivity (Wildman–Crippen MR) is 82.4 cm³/mol. The summed E-state index contributed by atoms with van der Waals surface area (Å²) in [7, 11) is 1.84. The summed E-state index contributed by atoms with van der Waals surface area (Å²) < 4.78 is 13.8. The van der Waals surface area contributed by atoms with E-state index in [0.717, 1.165) is 37.8 Å². The fraction of sp³-hybridized carbons (Fsp3) is 0.333. The van der Waals surface area contributed by atoms with Gasteiger partial charge in [-0.25, -0.2) is 14.4 Å². The Labute approximate surface area is 123 Å². The molecular formula is C15H18FN5. The highest BCUT2D eigenvalue weighted by molar-refractivity contribution is 5.52. The Kier molecular flexibility index (Phi) is 3.85. The number of nitrogens with one attached hydrogen (secondary N) is 1. The lowest BCUT2D eigenvalue weighted by molar-refractivity contribution is 0.596. The lowest BCUT2D eigenvalue weighted by Gasteiger charge is -2.36.